The Morgan fingerprint density at radius 1 is 1.00 bits per heavy atom. The molecule has 1 aromatic rings. The Kier molecular flexibility index (Phi) is 10.5. The standard InChI is InChI=1S/C36H47FN6O7S2/c37-28-13-8-9-22-19-42(21-27(22)28)35(47)50-25-17-30-31(44)40-36(33(46)41-52(48,49)26-15-16-26)18-23(36)10-4-2-1-3-5-14-29(32(45)43(30)20-25)39-34(51)38-24-11-6-7-12-24/h4,8-10,13,23-26,29-30H,1-3,5-7,11-12,14-21H2,(H,40,44)(H,41,46)(H2,38,39,51)/b10-4-/t23-,25-,29+,30+,36-/m1/s1. The molecular weight excluding hydrogens is 712 g/mol. The molecule has 0 spiro atoms. The highest BCUT2D eigenvalue weighted by molar-refractivity contribution is 7.91. The number of carbonyl (C=O) groups is 4. The molecule has 52 heavy (non-hydrogen) atoms. The lowest BCUT2D eigenvalue weighted by Crippen LogP contribution is -2.59. The normalized spacial score (nSPS) is 30.2. The van der Waals surface area contributed by atoms with Crippen LogP contribution in [0.2, 0.25) is 0 Å². The van der Waals surface area contributed by atoms with Crippen molar-refractivity contribution < 1.29 is 36.7 Å². The molecule has 0 unspecified atom stereocenters. The maximum Gasteiger partial charge on any atom is 0.410 e. The Morgan fingerprint density at radius 3 is 2.52 bits per heavy atom. The van der Waals surface area contributed by atoms with Crippen molar-refractivity contribution in [3.05, 3.63) is 47.3 Å². The van der Waals surface area contributed by atoms with E-state index in [0.717, 1.165) is 44.9 Å². The number of hydrogen-bond donors (Lipinski definition) is 4. The van der Waals surface area contributed by atoms with Gasteiger partial charge in [-0.25, -0.2) is 17.6 Å². The van der Waals surface area contributed by atoms with E-state index in [-0.39, 0.29) is 44.4 Å². The number of ether oxygens (including phenoxy) is 1. The van der Waals surface area contributed by atoms with Gasteiger partial charge in [0.1, 0.15) is 29.5 Å². The average Bonchev–Trinajstić information content (AvgIpc) is 3.88. The third-order valence-corrected chi connectivity index (χ3v) is 13.3. The summed E-state index contributed by atoms with van der Waals surface area (Å²) in [7, 11) is -3.89. The summed E-state index contributed by atoms with van der Waals surface area (Å²) in [4.78, 5) is 58.5. The summed E-state index contributed by atoms with van der Waals surface area (Å²) in [6.07, 6.45) is 11.1. The van der Waals surface area contributed by atoms with E-state index in [9.17, 15) is 32.0 Å². The van der Waals surface area contributed by atoms with Crippen molar-refractivity contribution in [2.75, 3.05) is 6.54 Å². The lowest BCUT2D eigenvalue weighted by molar-refractivity contribution is -0.141. The summed E-state index contributed by atoms with van der Waals surface area (Å²) < 4.78 is 48.1. The van der Waals surface area contributed by atoms with E-state index >= 15 is 0 Å². The fourth-order valence-electron chi connectivity index (χ4n) is 8.03. The number of rotatable bonds is 6. The van der Waals surface area contributed by atoms with Gasteiger partial charge >= 0.3 is 6.09 Å². The van der Waals surface area contributed by atoms with Gasteiger partial charge in [-0.15, -0.1) is 0 Å². The van der Waals surface area contributed by atoms with Gasteiger partial charge in [-0.2, -0.15) is 0 Å². The molecule has 0 bridgehead atoms. The van der Waals surface area contributed by atoms with Crippen LogP contribution in [0, 0.1) is 11.7 Å². The van der Waals surface area contributed by atoms with Gasteiger partial charge in [-0.1, -0.05) is 50.0 Å². The Balaban J connectivity index is 1.12. The molecule has 5 atom stereocenters. The van der Waals surface area contributed by atoms with Gasteiger partial charge in [-0.3, -0.25) is 24.0 Å². The highest BCUT2D eigenvalue weighted by Crippen LogP contribution is 2.46. The molecule has 4 amide bonds. The zero-order chi connectivity index (χ0) is 36.6. The van der Waals surface area contributed by atoms with Crippen LogP contribution in [0.1, 0.15) is 94.6 Å². The largest absolute Gasteiger partial charge is 0.444 e. The zero-order valence-corrected chi connectivity index (χ0v) is 30.7. The molecule has 7 rings (SSSR count). The molecule has 3 heterocycles. The van der Waals surface area contributed by atoms with Crippen LogP contribution in [0.25, 0.3) is 0 Å². The van der Waals surface area contributed by atoms with E-state index in [1.165, 1.54) is 15.9 Å². The molecule has 282 valence electrons. The smallest absolute Gasteiger partial charge is 0.410 e. The Bertz CT molecular complexity index is 1750. The second-order valence-electron chi connectivity index (χ2n) is 15.1. The predicted molar refractivity (Wildman–Crippen MR) is 192 cm³/mol. The Hall–Kier alpha value is -3.79. The molecule has 0 radical (unpaired) electrons. The van der Waals surface area contributed by atoms with E-state index in [1.807, 2.05) is 12.2 Å². The molecule has 3 saturated carbocycles. The number of sulfonamides is 1. The van der Waals surface area contributed by atoms with Gasteiger partial charge < -0.3 is 25.6 Å². The minimum Gasteiger partial charge on any atom is -0.444 e. The first kappa shape index (κ1) is 36.6. The first-order chi connectivity index (χ1) is 24.9. The zero-order valence-electron chi connectivity index (χ0n) is 29.1. The summed E-state index contributed by atoms with van der Waals surface area (Å²) in [5.41, 5.74) is -0.402. The van der Waals surface area contributed by atoms with Crippen LogP contribution in [0.4, 0.5) is 9.18 Å². The van der Waals surface area contributed by atoms with Crippen molar-refractivity contribution in [1.29, 1.82) is 0 Å². The van der Waals surface area contributed by atoms with E-state index in [1.54, 1.807) is 12.1 Å². The molecular formula is C36H47FN6O7S2. The van der Waals surface area contributed by atoms with Gasteiger partial charge in [0.15, 0.2) is 5.11 Å². The number of halogens is 1. The maximum absolute atomic E-state index is 14.5. The fourth-order valence-corrected chi connectivity index (χ4v) is 9.70. The molecule has 1 aromatic carbocycles. The summed E-state index contributed by atoms with van der Waals surface area (Å²) in [5, 5.41) is 9.13. The van der Waals surface area contributed by atoms with Gasteiger partial charge in [0.05, 0.1) is 18.3 Å². The van der Waals surface area contributed by atoms with Crippen molar-refractivity contribution in [3.8, 4) is 0 Å². The second-order valence-corrected chi connectivity index (χ2v) is 17.5. The number of benzene rings is 1. The molecule has 1 saturated heterocycles. The predicted octanol–water partition coefficient (Wildman–Crippen LogP) is 3.03. The van der Waals surface area contributed by atoms with Crippen molar-refractivity contribution >= 4 is 51.2 Å². The van der Waals surface area contributed by atoms with Crippen LogP contribution in [-0.2, 0) is 42.2 Å². The third-order valence-electron chi connectivity index (χ3n) is 11.3. The highest BCUT2D eigenvalue weighted by Gasteiger charge is 2.62. The van der Waals surface area contributed by atoms with Crippen molar-refractivity contribution in [2.45, 2.75) is 132 Å². The topological polar surface area (TPSA) is 166 Å². The highest BCUT2D eigenvalue weighted by atomic mass is 32.2. The first-order valence-corrected chi connectivity index (χ1v) is 20.5. The number of carbonyl (C=O) groups excluding carboxylic acids is 4. The Labute approximate surface area is 308 Å². The van der Waals surface area contributed by atoms with Crippen molar-refractivity contribution in [1.82, 2.24) is 30.5 Å². The van der Waals surface area contributed by atoms with E-state index in [4.69, 9.17) is 17.0 Å². The van der Waals surface area contributed by atoms with E-state index in [2.05, 4.69) is 20.7 Å². The van der Waals surface area contributed by atoms with Gasteiger partial charge in [-0.05, 0) is 75.2 Å². The summed E-state index contributed by atoms with van der Waals surface area (Å²) >= 11 is 5.65. The molecule has 3 aliphatic heterocycles. The van der Waals surface area contributed by atoms with Crippen LogP contribution in [0.3, 0.4) is 0 Å². The molecule has 16 heteroatoms. The number of hydrogen-bond acceptors (Lipinski definition) is 8. The summed E-state index contributed by atoms with van der Waals surface area (Å²) in [5.74, 6) is -2.66. The molecule has 3 aliphatic carbocycles. The number of fused-ring (bicyclic) bond motifs is 3. The monoisotopic (exact) mass is 758 g/mol. The lowest BCUT2D eigenvalue weighted by Gasteiger charge is -2.30. The fraction of sp³-hybridized carbons (Fsp3) is 0.639. The second kappa shape index (κ2) is 14.9. The van der Waals surface area contributed by atoms with Crippen LogP contribution < -0.4 is 20.7 Å². The number of thiocarbonyl (C=S) groups is 1. The minimum atomic E-state index is -3.89. The number of amides is 4. The molecule has 4 fully saturated rings. The lowest BCUT2D eigenvalue weighted by atomic mass is 10.0. The average molecular weight is 759 g/mol. The number of allylic oxidation sites excluding steroid dienone is 1. The molecule has 13 nitrogen and oxygen atoms in total. The van der Waals surface area contributed by atoms with Crippen molar-refractivity contribution in [3.63, 3.8) is 0 Å². The quantitative estimate of drug-likeness (QED) is 0.250. The maximum atomic E-state index is 14.5. The van der Waals surface area contributed by atoms with Crippen LogP contribution in [0.15, 0.2) is 30.4 Å². The summed E-state index contributed by atoms with van der Waals surface area (Å²) in [6, 6.07) is 3.01. The van der Waals surface area contributed by atoms with Gasteiger partial charge in [0, 0.05) is 30.5 Å². The molecule has 4 N–H and O–H groups in total. The molecule has 6 aliphatic rings. The van der Waals surface area contributed by atoms with E-state index in [0.29, 0.717) is 41.9 Å². The van der Waals surface area contributed by atoms with E-state index < -0.39 is 68.6 Å². The third kappa shape index (κ3) is 7.92. The minimum absolute atomic E-state index is 0.0356. The Morgan fingerprint density at radius 2 is 1.77 bits per heavy atom. The first-order valence-electron chi connectivity index (χ1n) is 18.6. The summed E-state index contributed by atoms with van der Waals surface area (Å²) in [6.45, 7) is 0.115. The van der Waals surface area contributed by atoms with Crippen LogP contribution in [-0.4, -0.2) is 88.7 Å². The van der Waals surface area contributed by atoms with Crippen LogP contribution >= 0.6 is 12.2 Å². The molecule has 0 aromatic heterocycles. The number of nitrogens with zero attached hydrogens (tertiary/aromatic N) is 2. The van der Waals surface area contributed by atoms with Crippen LogP contribution in [0.5, 0.6) is 0 Å². The van der Waals surface area contributed by atoms with Gasteiger partial charge in [0.25, 0.3) is 5.91 Å². The van der Waals surface area contributed by atoms with Gasteiger partial charge in [0.2, 0.25) is 21.8 Å². The SMILES string of the molecule is O=C1N[C@]2(C(=O)NS(=O)(=O)C3CC3)C[C@H]2/C=C\CCCCC[C@H](NC(=S)NC2CCCC2)C(=O)N2C[C@H](OC(=O)N3Cc4cccc(F)c4C3)C[C@@H]12. The van der Waals surface area contributed by atoms with Crippen molar-refractivity contribution in [2.24, 2.45) is 5.92 Å². The number of nitrogens with one attached hydrogen (secondary N) is 4.